The monoisotopic (exact) mass is 202 g/mol. The molecule has 1 spiro atoms. The molecular formula is C15H22. The molecule has 82 valence electrons. The fourth-order valence-electron chi connectivity index (χ4n) is 4.40. The quantitative estimate of drug-likeness (QED) is 0.513. The molecule has 1 fully saturated rings. The van der Waals surface area contributed by atoms with Crippen molar-refractivity contribution >= 4 is 0 Å². The first-order valence-corrected chi connectivity index (χ1v) is 6.31. The van der Waals surface area contributed by atoms with E-state index < -0.39 is 0 Å². The van der Waals surface area contributed by atoms with Gasteiger partial charge in [-0.15, -0.1) is 0 Å². The highest BCUT2D eigenvalue weighted by Gasteiger charge is 2.61. The lowest BCUT2D eigenvalue weighted by Crippen LogP contribution is -2.38. The van der Waals surface area contributed by atoms with E-state index in [0.717, 1.165) is 5.92 Å². The van der Waals surface area contributed by atoms with Gasteiger partial charge < -0.3 is 0 Å². The molecule has 0 nitrogen and oxygen atoms in total. The van der Waals surface area contributed by atoms with Gasteiger partial charge in [0.2, 0.25) is 0 Å². The first kappa shape index (κ1) is 9.69. The second kappa shape index (κ2) is 2.42. The summed E-state index contributed by atoms with van der Waals surface area (Å²) in [5.74, 6) is 0.828. The Morgan fingerprint density at radius 3 is 2.53 bits per heavy atom. The maximum absolute atomic E-state index is 2.62. The molecule has 2 atom stereocenters. The van der Waals surface area contributed by atoms with Gasteiger partial charge in [0.25, 0.3) is 0 Å². The van der Waals surface area contributed by atoms with E-state index in [-0.39, 0.29) is 0 Å². The summed E-state index contributed by atoms with van der Waals surface area (Å²) in [7, 11) is 0. The van der Waals surface area contributed by atoms with Crippen LogP contribution in [0, 0.1) is 22.2 Å². The topological polar surface area (TPSA) is 0 Å². The van der Waals surface area contributed by atoms with E-state index >= 15 is 0 Å². The molecule has 0 aromatic rings. The van der Waals surface area contributed by atoms with Crippen molar-refractivity contribution in [2.75, 3.05) is 0 Å². The van der Waals surface area contributed by atoms with Crippen LogP contribution in [0.1, 0.15) is 47.0 Å². The highest BCUT2D eigenvalue weighted by molar-refractivity contribution is 5.43. The van der Waals surface area contributed by atoms with Crippen LogP contribution in [-0.4, -0.2) is 0 Å². The third-order valence-corrected chi connectivity index (χ3v) is 5.53. The maximum atomic E-state index is 2.62. The normalized spacial score (nSPS) is 44.0. The van der Waals surface area contributed by atoms with Gasteiger partial charge in [0.15, 0.2) is 0 Å². The van der Waals surface area contributed by atoms with Crippen LogP contribution in [0.15, 0.2) is 23.8 Å². The Bertz CT molecular complexity index is 367. The van der Waals surface area contributed by atoms with Crippen molar-refractivity contribution in [3.8, 4) is 0 Å². The lowest BCUT2D eigenvalue weighted by atomic mass is 9.57. The molecular weight excluding hydrogens is 180 g/mol. The summed E-state index contributed by atoms with van der Waals surface area (Å²) in [4.78, 5) is 0. The van der Waals surface area contributed by atoms with Gasteiger partial charge in [-0.2, -0.15) is 0 Å². The van der Waals surface area contributed by atoms with Crippen molar-refractivity contribution < 1.29 is 0 Å². The highest BCUT2D eigenvalue weighted by Crippen LogP contribution is 2.70. The molecule has 3 aliphatic carbocycles. The van der Waals surface area contributed by atoms with Gasteiger partial charge in [0.05, 0.1) is 0 Å². The molecule has 0 aliphatic heterocycles. The number of hydrogen-bond acceptors (Lipinski definition) is 0. The Kier molecular flexibility index (Phi) is 1.56. The van der Waals surface area contributed by atoms with E-state index in [4.69, 9.17) is 0 Å². The zero-order chi connectivity index (χ0) is 10.9. The molecule has 3 rings (SSSR count). The van der Waals surface area contributed by atoms with Gasteiger partial charge in [0, 0.05) is 5.41 Å². The SMILES string of the molecule is CC1(C)CC=C[C@]23CCC(C=C12)C3(C)C. The van der Waals surface area contributed by atoms with Crippen molar-refractivity contribution in [2.45, 2.75) is 47.0 Å². The van der Waals surface area contributed by atoms with Crippen LogP contribution < -0.4 is 0 Å². The van der Waals surface area contributed by atoms with Gasteiger partial charge in [0.1, 0.15) is 0 Å². The zero-order valence-electron chi connectivity index (χ0n) is 10.4. The Labute approximate surface area is 93.5 Å². The molecule has 0 N–H and O–H groups in total. The molecule has 15 heavy (non-hydrogen) atoms. The first-order chi connectivity index (χ1) is 6.90. The van der Waals surface area contributed by atoms with E-state index in [9.17, 15) is 0 Å². The lowest BCUT2D eigenvalue weighted by molar-refractivity contribution is 0.169. The summed E-state index contributed by atoms with van der Waals surface area (Å²) < 4.78 is 0. The van der Waals surface area contributed by atoms with E-state index in [0.29, 0.717) is 16.2 Å². The van der Waals surface area contributed by atoms with Crippen LogP contribution >= 0.6 is 0 Å². The summed E-state index contributed by atoms with van der Waals surface area (Å²) in [5.41, 5.74) is 3.04. The predicted molar refractivity (Wildman–Crippen MR) is 64.6 cm³/mol. The third-order valence-electron chi connectivity index (χ3n) is 5.53. The average Bonchev–Trinajstić information content (AvgIpc) is 2.50. The molecule has 0 radical (unpaired) electrons. The van der Waals surface area contributed by atoms with Crippen LogP contribution in [0.3, 0.4) is 0 Å². The van der Waals surface area contributed by atoms with E-state index in [1.54, 1.807) is 5.57 Å². The lowest BCUT2D eigenvalue weighted by Gasteiger charge is -2.47. The van der Waals surface area contributed by atoms with Crippen LogP contribution in [0.5, 0.6) is 0 Å². The molecule has 0 amide bonds. The second-order valence-electron chi connectivity index (χ2n) is 6.91. The van der Waals surface area contributed by atoms with E-state index in [1.165, 1.54) is 19.3 Å². The van der Waals surface area contributed by atoms with Gasteiger partial charge >= 0.3 is 0 Å². The van der Waals surface area contributed by atoms with E-state index in [2.05, 4.69) is 45.9 Å². The summed E-state index contributed by atoms with van der Waals surface area (Å²) in [6, 6.07) is 0. The summed E-state index contributed by atoms with van der Waals surface area (Å²) in [6.07, 6.45) is 11.6. The minimum atomic E-state index is 0.404. The Morgan fingerprint density at radius 2 is 1.93 bits per heavy atom. The van der Waals surface area contributed by atoms with Crippen molar-refractivity contribution in [1.29, 1.82) is 0 Å². The molecule has 2 bridgehead atoms. The summed E-state index contributed by atoms with van der Waals surface area (Å²) in [6.45, 7) is 9.78. The second-order valence-corrected chi connectivity index (χ2v) is 6.91. The van der Waals surface area contributed by atoms with Crippen LogP contribution in [0.25, 0.3) is 0 Å². The predicted octanol–water partition coefficient (Wildman–Crippen LogP) is 4.34. The largest absolute Gasteiger partial charge is 0.0868 e. The van der Waals surface area contributed by atoms with Crippen molar-refractivity contribution in [1.82, 2.24) is 0 Å². The smallest absolute Gasteiger partial charge is 0.0153 e. The average molecular weight is 202 g/mol. The number of hydrogen-bond donors (Lipinski definition) is 0. The number of rotatable bonds is 0. The zero-order valence-corrected chi connectivity index (χ0v) is 10.4. The maximum Gasteiger partial charge on any atom is 0.0153 e. The Hall–Kier alpha value is -0.520. The molecule has 0 aromatic carbocycles. The van der Waals surface area contributed by atoms with Crippen molar-refractivity contribution in [2.24, 2.45) is 22.2 Å². The first-order valence-electron chi connectivity index (χ1n) is 6.31. The van der Waals surface area contributed by atoms with E-state index in [1.807, 2.05) is 0 Å². The van der Waals surface area contributed by atoms with Crippen LogP contribution in [0.2, 0.25) is 0 Å². The van der Waals surface area contributed by atoms with Gasteiger partial charge in [-0.05, 0) is 36.0 Å². The molecule has 0 aromatic heterocycles. The van der Waals surface area contributed by atoms with Gasteiger partial charge in [-0.3, -0.25) is 0 Å². The van der Waals surface area contributed by atoms with Crippen LogP contribution in [-0.2, 0) is 0 Å². The van der Waals surface area contributed by atoms with Crippen molar-refractivity contribution in [3.05, 3.63) is 23.8 Å². The molecule has 3 aliphatic rings. The summed E-state index contributed by atoms with van der Waals surface area (Å²) >= 11 is 0. The standard InChI is InChI=1S/C15H22/c1-13(2)7-5-8-15-9-6-11(10-12(13)15)14(15,3)4/h5,8,10-11H,6-7,9H2,1-4H3/t11?,15-/m0/s1. The van der Waals surface area contributed by atoms with Gasteiger partial charge in [-0.25, -0.2) is 0 Å². The Balaban J connectivity index is 2.21. The fraction of sp³-hybridized carbons (Fsp3) is 0.733. The minimum absolute atomic E-state index is 0.404. The third kappa shape index (κ3) is 0.898. The molecule has 0 heterocycles. The molecule has 1 saturated carbocycles. The molecule has 0 saturated heterocycles. The number of fused-ring (bicyclic) bond motifs is 1. The fourth-order valence-corrected chi connectivity index (χ4v) is 4.40. The highest BCUT2D eigenvalue weighted by atomic mass is 14.6. The number of allylic oxidation sites excluding steroid dienone is 4. The van der Waals surface area contributed by atoms with Crippen molar-refractivity contribution in [3.63, 3.8) is 0 Å². The van der Waals surface area contributed by atoms with Crippen LogP contribution in [0.4, 0.5) is 0 Å². The summed E-state index contributed by atoms with van der Waals surface area (Å²) in [5, 5.41) is 0. The molecule has 1 unspecified atom stereocenters. The molecule has 0 heteroatoms. The Morgan fingerprint density at radius 1 is 1.20 bits per heavy atom. The van der Waals surface area contributed by atoms with Gasteiger partial charge in [-0.1, -0.05) is 51.5 Å². The minimum Gasteiger partial charge on any atom is -0.0868 e.